The Hall–Kier alpha value is -3.58. The monoisotopic (exact) mass is 603 g/mol. The summed E-state index contributed by atoms with van der Waals surface area (Å²) in [4.78, 5) is 28.5. The van der Waals surface area contributed by atoms with E-state index in [1.807, 2.05) is 13.0 Å². The summed E-state index contributed by atoms with van der Waals surface area (Å²) in [7, 11) is 0. The zero-order valence-electron chi connectivity index (χ0n) is 20.8. The number of carbonyl (C=O) groups is 1. The fraction of sp³-hybridized carbons (Fsp3) is 0.385. The predicted molar refractivity (Wildman–Crippen MR) is 142 cm³/mol. The number of morpholine rings is 1. The molecule has 0 aliphatic carbocycles. The number of hydrogen-bond donors (Lipinski definition) is 1. The van der Waals surface area contributed by atoms with E-state index in [0.717, 1.165) is 10.2 Å². The molecule has 6 rings (SSSR count). The molecule has 4 aromatic rings. The highest BCUT2D eigenvalue weighted by Crippen LogP contribution is 2.39. The third-order valence-corrected chi connectivity index (χ3v) is 7.42. The number of hydrogen-bond acceptors (Lipinski definition) is 9. The van der Waals surface area contributed by atoms with Crippen molar-refractivity contribution < 1.29 is 32.6 Å². The number of furan rings is 1. The smallest absolute Gasteiger partial charge is 0.326 e. The van der Waals surface area contributed by atoms with Crippen LogP contribution in [0.2, 0.25) is 0 Å². The molecular formula is C26H24BrF2N5O5. The number of anilines is 2. The van der Waals surface area contributed by atoms with Gasteiger partial charge in [-0.05, 0) is 41.1 Å². The first kappa shape index (κ1) is 25.7. The van der Waals surface area contributed by atoms with Gasteiger partial charge in [0.15, 0.2) is 17.2 Å². The van der Waals surface area contributed by atoms with E-state index in [-0.39, 0.29) is 35.9 Å². The lowest BCUT2D eigenvalue weighted by molar-refractivity contribution is -0.138. The zero-order chi connectivity index (χ0) is 27.3. The summed E-state index contributed by atoms with van der Waals surface area (Å²) >= 11 is 3.47. The fourth-order valence-corrected chi connectivity index (χ4v) is 5.51. The average molecular weight is 604 g/mol. The van der Waals surface area contributed by atoms with Crippen LogP contribution in [-0.4, -0.2) is 70.5 Å². The predicted octanol–water partition coefficient (Wildman–Crippen LogP) is 4.81. The van der Waals surface area contributed by atoms with Gasteiger partial charge in [-0.3, -0.25) is 0 Å². The number of aliphatic carboxylic acids is 1. The molecule has 0 amide bonds. The van der Waals surface area contributed by atoms with Gasteiger partial charge in [-0.15, -0.1) is 0 Å². The van der Waals surface area contributed by atoms with Crippen molar-refractivity contribution in [2.75, 3.05) is 36.1 Å². The summed E-state index contributed by atoms with van der Waals surface area (Å²) in [5.74, 6) is -1.48. The molecule has 1 N–H and O–H groups in total. The topological polar surface area (TPSA) is 114 Å². The van der Waals surface area contributed by atoms with Crippen LogP contribution in [0.1, 0.15) is 25.6 Å². The first-order valence-corrected chi connectivity index (χ1v) is 13.2. The van der Waals surface area contributed by atoms with E-state index in [2.05, 4.69) is 35.8 Å². The maximum atomic E-state index is 13.8. The lowest BCUT2D eigenvalue weighted by Crippen LogP contribution is -2.44. The van der Waals surface area contributed by atoms with Gasteiger partial charge >= 0.3 is 5.97 Å². The van der Waals surface area contributed by atoms with E-state index < -0.39 is 30.4 Å². The summed E-state index contributed by atoms with van der Waals surface area (Å²) in [5, 5.41) is 10.6. The van der Waals surface area contributed by atoms with Gasteiger partial charge < -0.3 is 28.8 Å². The number of ether oxygens (including phenoxy) is 2. The molecule has 1 aromatic carbocycles. The SMILES string of the molecule is C[C@H]1COCCN1c1cc(Br)cnc1O[C@H]1C[C@@H](C(=O)O)N(c2nc(C(F)F)nc3c2oc2ccccc23)C1. The molecule has 13 heteroatoms. The van der Waals surface area contributed by atoms with E-state index in [1.165, 1.54) is 4.90 Å². The first-order chi connectivity index (χ1) is 18.8. The zero-order valence-corrected chi connectivity index (χ0v) is 22.3. The minimum absolute atomic E-state index is 0.00390. The van der Waals surface area contributed by atoms with E-state index in [0.29, 0.717) is 36.6 Å². The number of carboxylic acids is 1. The van der Waals surface area contributed by atoms with Crippen molar-refractivity contribution >= 4 is 55.5 Å². The van der Waals surface area contributed by atoms with Crippen molar-refractivity contribution in [1.29, 1.82) is 0 Å². The minimum Gasteiger partial charge on any atom is -0.480 e. The van der Waals surface area contributed by atoms with Crippen molar-refractivity contribution in [3.8, 4) is 5.88 Å². The molecule has 3 aromatic heterocycles. The van der Waals surface area contributed by atoms with Crippen molar-refractivity contribution in [2.24, 2.45) is 0 Å². The third-order valence-electron chi connectivity index (χ3n) is 6.99. The number of pyridine rings is 1. The van der Waals surface area contributed by atoms with Gasteiger partial charge in [0.25, 0.3) is 6.43 Å². The van der Waals surface area contributed by atoms with Crippen LogP contribution in [0.5, 0.6) is 5.88 Å². The lowest BCUT2D eigenvalue weighted by Gasteiger charge is -2.36. The molecule has 0 radical (unpaired) electrons. The van der Waals surface area contributed by atoms with Crippen molar-refractivity contribution in [1.82, 2.24) is 15.0 Å². The molecule has 2 aliphatic rings. The fourth-order valence-electron chi connectivity index (χ4n) is 5.19. The summed E-state index contributed by atoms with van der Waals surface area (Å²) in [5.41, 5.74) is 1.55. The summed E-state index contributed by atoms with van der Waals surface area (Å²) < 4.78 is 46.3. The lowest BCUT2D eigenvalue weighted by atomic mass is 10.2. The Bertz CT molecular complexity index is 1550. The van der Waals surface area contributed by atoms with Crippen LogP contribution in [0.3, 0.4) is 0 Å². The highest BCUT2D eigenvalue weighted by atomic mass is 79.9. The highest BCUT2D eigenvalue weighted by Gasteiger charge is 2.41. The quantitative estimate of drug-likeness (QED) is 0.329. The normalized spacial score (nSPS) is 21.8. The minimum atomic E-state index is -2.95. The van der Waals surface area contributed by atoms with Crippen molar-refractivity contribution in [3.63, 3.8) is 0 Å². The summed E-state index contributed by atoms with van der Waals surface area (Å²) in [6.07, 6.45) is -1.87. The number of carboxylic acid groups (broad SMARTS) is 1. The molecule has 3 atom stereocenters. The number of benzene rings is 1. The Balaban J connectivity index is 1.38. The van der Waals surface area contributed by atoms with Crippen LogP contribution in [-0.2, 0) is 9.53 Å². The Kier molecular flexibility index (Phi) is 6.71. The molecule has 2 fully saturated rings. The molecule has 10 nitrogen and oxygen atoms in total. The van der Waals surface area contributed by atoms with Crippen LogP contribution in [0.25, 0.3) is 22.1 Å². The second-order valence-electron chi connectivity index (χ2n) is 9.56. The average Bonchev–Trinajstić information content (AvgIpc) is 3.51. The van der Waals surface area contributed by atoms with Gasteiger partial charge in [-0.25, -0.2) is 28.5 Å². The number of fused-ring (bicyclic) bond motifs is 3. The van der Waals surface area contributed by atoms with Crippen LogP contribution in [0.4, 0.5) is 20.3 Å². The van der Waals surface area contributed by atoms with Crippen LogP contribution < -0.4 is 14.5 Å². The molecule has 0 saturated carbocycles. The van der Waals surface area contributed by atoms with E-state index in [1.54, 1.807) is 30.5 Å². The Morgan fingerprint density at radius 1 is 1.26 bits per heavy atom. The van der Waals surface area contributed by atoms with Crippen LogP contribution >= 0.6 is 15.9 Å². The van der Waals surface area contributed by atoms with Gasteiger partial charge in [0.05, 0.1) is 19.8 Å². The van der Waals surface area contributed by atoms with E-state index in [9.17, 15) is 18.7 Å². The Morgan fingerprint density at radius 3 is 2.85 bits per heavy atom. The van der Waals surface area contributed by atoms with Crippen LogP contribution in [0, 0.1) is 0 Å². The molecule has 204 valence electrons. The maximum absolute atomic E-state index is 13.8. The second-order valence-corrected chi connectivity index (χ2v) is 10.5. The maximum Gasteiger partial charge on any atom is 0.326 e. The van der Waals surface area contributed by atoms with Gasteiger partial charge in [0, 0.05) is 35.1 Å². The standard InChI is InChI=1S/C26H24BrF2N5O5/c1-13-12-37-7-6-33(13)17-8-14(27)10-30-25(17)38-15-9-18(26(35)36)34(11-15)24-21-20(31-23(32-24)22(28)29)16-4-2-3-5-19(16)39-21/h2-5,8,10,13,15,18,22H,6-7,9,11-12H2,1H3,(H,35,36)/t13-,15-,18-/m0/s1. The third kappa shape index (κ3) is 4.73. The highest BCUT2D eigenvalue weighted by molar-refractivity contribution is 9.10. The van der Waals surface area contributed by atoms with Crippen molar-refractivity contribution in [2.45, 2.75) is 38.0 Å². The number of aromatic nitrogens is 3. The molecule has 5 heterocycles. The van der Waals surface area contributed by atoms with Crippen LogP contribution in [0.15, 0.2) is 45.4 Å². The van der Waals surface area contributed by atoms with E-state index >= 15 is 0 Å². The van der Waals surface area contributed by atoms with E-state index in [4.69, 9.17) is 13.9 Å². The molecule has 0 unspecified atom stereocenters. The van der Waals surface area contributed by atoms with Gasteiger partial charge in [0.2, 0.25) is 5.88 Å². The largest absolute Gasteiger partial charge is 0.480 e. The summed E-state index contributed by atoms with van der Waals surface area (Å²) in [6, 6.07) is 7.81. The Morgan fingerprint density at radius 2 is 2.08 bits per heavy atom. The van der Waals surface area contributed by atoms with Crippen molar-refractivity contribution in [3.05, 3.63) is 46.8 Å². The van der Waals surface area contributed by atoms with Gasteiger partial charge in [-0.2, -0.15) is 0 Å². The van der Waals surface area contributed by atoms with Gasteiger partial charge in [0.1, 0.15) is 28.9 Å². The second kappa shape index (κ2) is 10.2. The number of nitrogens with zero attached hydrogens (tertiary/aromatic N) is 5. The summed E-state index contributed by atoms with van der Waals surface area (Å²) in [6.45, 7) is 3.86. The number of para-hydroxylation sites is 1. The molecule has 0 bridgehead atoms. The molecule has 2 aliphatic heterocycles. The molecule has 2 saturated heterocycles. The van der Waals surface area contributed by atoms with Gasteiger partial charge in [-0.1, -0.05) is 12.1 Å². The molecule has 39 heavy (non-hydrogen) atoms. The number of alkyl halides is 2. The molecular weight excluding hydrogens is 580 g/mol. The number of rotatable bonds is 6. The number of halogens is 3. The molecule has 0 spiro atoms. The Labute approximate surface area is 229 Å². The first-order valence-electron chi connectivity index (χ1n) is 12.4.